The summed E-state index contributed by atoms with van der Waals surface area (Å²) in [5, 5.41) is 18.1. The van der Waals surface area contributed by atoms with Gasteiger partial charge in [0.25, 0.3) is 0 Å². The van der Waals surface area contributed by atoms with E-state index in [-0.39, 0.29) is 0 Å². The van der Waals surface area contributed by atoms with Crippen LogP contribution < -0.4 is 5.11 Å². The van der Waals surface area contributed by atoms with Gasteiger partial charge in [-0.1, -0.05) is 95.6 Å². The molecule has 0 amide bonds. The Balaban J connectivity index is 0. The number of carbonyl (C=O) groups is 2. The van der Waals surface area contributed by atoms with Crippen LogP contribution >= 0.6 is 11.6 Å². The Labute approximate surface area is 151 Å². The minimum Gasteiger partial charge on any atom is -0.534 e. The maximum absolute atomic E-state index is 11.0. The maximum Gasteiger partial charge on any atom is 0.334 e. The predicted octanol–water partition coefficient (Wildman–Crippen LogP) is 4.18. The van der Waals surface area contributed by atoms with Gasteiger partial charge in [0.2, 0.25) is 0 Å². The summed E-state index contributed by atoms with van der Waals surface area (Å²) in [6.07, 6.45) is 15.1. The molecule has 24 heavy (non-hydrogen) atoms. The zero-order valence-electron chi connectivity index (χ0n) is 15.2. The lowest BCUT2D eigenvalue weighted by atomic mass is 10.0. The van der Waals surface area contributed by atoms with Crippen molar-refractivity contribution in [1.82, 2.24) is 0 Å². The molecule has 0 spiro atoms. The number of rotatable bonds is 14. The number of hydrogen-bond donors (Lipinski definition) is 1. The third kappa shape index (κ3) is 23.5. The number of carbonyl (C=O) groups excluding carboxylic acids is 2. The van der Waals surface area contributed by atoms with Crippen LogP contribution in [0.2, 0.25) is 0 Å². The number of ether oxygens (including phenoxy) is 1. The molecular weight excluding hydrogens is 332 g/mol. The molecule has 0 bridgehead atoms. The SMILES string of the molecule is CCCCCCCCCCCCCCC(O)C(=O)OC.O=C([O-])Cl. The van der Waals surface area contributed by atoms with Crippen LogP contribution in [0.3, 0.4) is 0 Å². The van der Waals surface area contributed by atoms with Crippen LogP contribution in [0.5, 0.6) is 0 Å². The Kier molecular flexibility index (Phi) is 21.4. The molecule has 0 aliphatic rings. The number of methoxy groups -OCH3 is 1. The number of aliphatic hydroxyl groups excluding tert-OH is 1. The van der Waals surface area contributed by atoms with Crippen LogP contribution in [-0.2, 0) is 9.53 Å². The average molecular weight is 366 g/mol. The van der Waals surface area contributed by atoms with E-state index in [1.165, 1.54) is 71.3 Å². The molecule has 0 aromatic heterocycles. The van der Waals surface area contributed by atoms with Gasteiger partial charge < -0.3 is 19.7 Å². The zero-order valence-corrected chi connectivity index (χ0v) is 16.0. The van der Waals surface area contributed by atoms with E-state index < -0.39 is 17.5 Å². The van der Waals surface area contributed by atoms with Crippen LogP contribution in [0, 0.1) is 0 Å². The molecule has 1 N–H and O–H groups in total. The van der Waals surface area contributed by atoms with Crippen LogP contribution in [0.1, 0.15) is 90.4 Å². The van der Waals surface area contributed by atoms with Crippen LogP contribution in [0.25, 0.3) is 0 Å². The van der Waals surface area contributed by atoms with E-state index in [0.29, 0.717) is 6.42 Å². The van der Waals surface area contributed by atoms with E-state index in [0.717, 1.165) is 12.8 Å². The molecular formula is C18H34ClO5-. The minimum absolute atomic E-state index is 0.506. The predicted molar refractivity (Wildman–Crippen MR) is 95.0 cm³/mol. The van der Waals surface area contributed by atoms with Crippen LogP contribution in [-0.4, -0.2) is 29.7 Å². The Morgan fingerprint density at radius 1 is 0.917 bits per heavy atom. The van der Waals surface area contributed by atoms with E-state index in [2.05, 4.69) is 23.3 Å². The second-order valence-electron chi connectivity index (χ2n) is 5.95. The van der Waals surface area contributed by atoms with Crippen molar-refractivity contribution in [2.45, 2.75) is 96.5 Å². The molecule has 0 aliphatic heterocycles. The van der Waals surface area contributed by atoms with Crippen molar-refractivity contribution in [2.24, 2.45) is 0 Å². The normalized spacial score (nSPS) is 11.3. The Bertz CT molecular complexity index is 293. The van der Waals surface area contributed by atoms with E-state index in [9.17, 15) is 9.90 Å². The summed E-state index contributed by atoms with van der Waals surface area (Å²) in [7, 11) is 1.31. The zero-order chi connectivity index (χ0) is 18.6. The molecule has 1 unspecified atom stereocenters. The number of unbranched alkanes of at least 4 members (excludes halogenated alkanes) is 11. The third-order valence-electron chi connectivity index (χ3n) is 3.80. The highest BCUT2D eigenvalue weighted by Gasteiger charge is 2.13. The molecule has 0 aromatic carbocycles. The van der Waals surface area contributed by atoms with Gasteiger partial charge in [-0.15, -0.1) is 0 Å². The molecule has 0 radical (unpaired) electrons. The molecule has 0 saturated heterocycles. The first kappa shape index (κ1) is 25.4. The van der Waals surface area contributed by atoms with Crippen molar-refractivity contribution in [3.63, 3.8) is 0 Å². The number of esters is 1. The van der Waals surface area contributed by atoms with E-state index in [4.69, 9.17) is 9.90 Å². The fourth-order valence-electron chi connectivity index (χ4n) is 2.43. The standard InChI is InChI=1S/C17H34O3.CHClO2/c1-3-4-5-6-7-8-9-10-11-12-13-14-15-16(18)17(19)20-2;2-1(3)4/h16,18H,3-15H2,1-2H3;(H,3,4)/p-1. The van der Waals surface area contributed by atoms with Crippen molar-refractivity contribution in [3.05, 3.63) is 0 Å². The highest BCUT2D eigenvalue weighted by atomic mass is 35.5. The van der Waals surface area contributed by atoms with Crippen molar-refractivity contribution in [1.29, 1.82) is 0 Å². The summed E-state index contributed by atoms with van der Waals surface area (Å²) >= 11 is 4.08. The number of hydrogen-bond acceptors (Lipinski definition) is 5. The lowest BCUT2D eigenvalue weighted by Gasteiger charge is -2.07. The Hall–Kier alpha value is -0.810. The summed E-state index contributed by atoms with van der Waals surface area (Å²) in [5.74, 6) is -0.506. The van der Waals surface area contributed by atoms with Gasteiger partial charge in [0, 0.05) is 0 Å². The monoisotopic (exact) mass is 365 g/mol. The molecule has 0 aromatic rings. The molecule has 0 saturated carbocycles. The molecule has 0 heterocycles. The largest absolute Gasteiger partial charge is 0.534 e. The Morgan fingerprint density at radius 3 is 1.58 bits per heavy atom. The van der Waals surface area contributed by atoms with Gasteiger partial charge in [-0.2, -0.15) is 0 Å². The summed E-state index contributed by atoms with van der Waals surface area (Å²) < 4.78 is 4.48. The first-order chi connectivity index (χ1) is 11.5. The van der Waals surface area contributed by atoms with E-state index in [1.807, 2.05) is 0 Å². The maximum atomic E-state index is 11.0. The highest BCUT2D eigenvalue weighted by Crippen LogP contribution is 2.13. The van der Waals surface area contributed by atoms with Gasteiger partial charge in [0.1, 0.15) is 5.43 Å². The van der Waals surface area contributed by atoms with Crippen molar-refractivity contribution >= 4 is 23.0 Å². The smallest absolute Gasteiger partial charge is 0.334 e. The lowest BCUT2D eigenvalue weighted by molar-refractivity contribution is -0.233. The lowest BCUT2D eigenvalue weighted by Crippen LogP contribution is -2.21. The molecule has 0 aliphatic carbocycles. The highest BCUT2D eigenvalue weighted by molar-refractivity contribution is 6.59. The van der Waals surface area contributed by atoms with E-state index in [1.54, 1.807) is 0 Å². The van der Waals surface area contributed by atoms with Gasteiger partial charge in [-0.05, 0) is 6.42 Å². The third-order valence-corrected chi connectivity index (χ3v) is 3.80. The fraction of sp³-hybridized carbons (Fsp3) is 0.889. The second-order valence-corrected chi connectivity index (χ2v) is 6.26. The average Bonchev–Trinajstić information content (AvgIpc) is 2.54. The summed E-state index contributed by atoms with van der Waals surface area (Å²) in [5.41, 5.74) is -1.61. The molecule has 0 fully saturated rings. The van der Waals surface area contributed by atoms with Gasteiger partial charge in [0.15, 0.2) is 6.10 Å². The first-order valence-corrected chi connectivity index (χ1v) is 9.45. The van der Waals surface area contributed by atoms with Crippen LogP contribution in [0.4, 0.5) is 4.79 Å². The van der Waals surface area contributed by atoms with Crippen LogP contribution in [0.15, 0.2) is 0 Å². The second kappa shape index (κ2) is 20.2. The topological polar surface area (TPSA) is 86.7 Å². The van der Waals surface area contributed by atoms with Gasteiger partial charge >= 0.3 is 5.97 Å². The van der Waals surface area contributed by atoms with E-state index >= 15 is 0 Å². The fourth-order valence-corrected chi connectivity index (χ4v) is 2.43. The van der Waals surface area contributed by atoms with Gasteiger partial charge in [-0.25, -0.2) is 4.79 Å². The van der Waals surface area contributed by atoms with Crippen molar-refractivity contribution in [2.75, 3.05) is 7.11 Å². The quantitative estimate of drug-likeness (QED) is 0.283. The number of aliphatic hydroxyl groups is 1. The van der Waals surface area contributed by atoms with Crippen molar-refractivity contribution in [3.8, 4) is 0 Å². The number of carboxylic acid groups (broad SMARTS) is 1. The molecule has 1 atom stereocenters. The minimum atomic E-state index is -1.61. The number of halogens is 1. The molecule has 5 nitrogen and oxygen atoms in total. The molecule has 0 rings (SSSR count). The first-order valence-electron chi connectivity index (χ1n) is 9.08. The van der Waals surface area contributed by atoms with Gasteiger partial charge in [0.05, 0.1) is 7.11 Å². The van der Waals surface area contributed by atoms with Gasteiger partial charge in [-0.3, -0.25) is 0 Å². The van der Waals surface area contributed by atoms with Crippen molar-refractivity contribution < 1.29 is 24.5 Å². The Morgan fingerprint density at radius 2 is 1.25 bits per heavy atom. The molecule has 144 valence electrons. The summed E-state index contributed by atoms with van der Waals surface area (Å²) in [6, 6.07) is 0. The summed E-state index contributed by atoms with van der Waals surface area (Å²) in [6.45, 7) is 2.25. The molecule has 6 heteroatoms. The summed E-state index contributed by atoms with van der Waals surface area (Å²) in [4.78, 5) is 19.6.